The minimum absolute atomic E-state index is 0.534. The molecule has 1 aliphatic carbocycles. The van der Waals surface area contributed by atoms with E-state index < -0.39 is 0 Å². The lowest BCUT2D eigenvalue weighted by atomic mass is 9.84. The molecule has 1 N–H and O–H groups in total. The molecule has 0 amide bonds. The third kappa shape index (κ3) is 3.14. The molecule has 5 rings (SSSR count). The fourth-order valence-corrected chi connectivity index (χ4v) is 4.53. The summed E-state index contributed by atoms with van der Waals surface area (Å²) < 4.78 is 7.75. The number of ether oxygens (including phenoxy) is 1. The van der Waals surface area contributed by atoms with E-state index in [2.05, 4.69) is 15.9 Å². The fraction of sp³-hybridized carbons (Fsp3) is 0.500. The summed E-state index contributed by atoms with van der Waals surface area (Å²) in [6.07, 6.45) is 9.02. The van der Waals surface area contributed by atoms with Gasteiger partial charge in [0.2, 0.25) is 0 Å². The van der Waals surface area contributed by atoms with E-state index in [0.717, 1.165) is 47.9 Å². The Morgan fingerprint density at radius 1 is 1.23 bits per heavy atom. The van der Waals surface area contributed by atoms with Crippen LogP contribution in [0.5, 0.6) is 0 Å². The maximum Gasteiger partial charge on any atom is 0.107 e. The summed E-state index contributed by atoms with van der Waals surface area (Å²) in [5.74, 6) is 1.77. The van der Waals surface area contributed by atoms with E-state index in [0.29, 0.717) is 12.0 Å². The third-order valence-corrected chi connectivity index (χ3v) is 6.04. The van der Waals surface area contributed by atoms with Crippen LogP contribution in [-0.2, 0) is 24.2 Å². The first kappa shape index (κ1) is 16.3. The smallest absolute Gasteiger partial charge is 0.107 e. The molecule has 1 aliphatic heterocycles. The average Bonchev–Trinajstić information content (AvgIpc) is 3.25. The number of halogens is 1. The number of aromatic nitrogens is 4. The molecule has 3 aromatic rings. The van der Waals surface area contributed by atoms with Crippen molar-refractivity contribution in [1.29, 1.82) is 0 Å². The predicted molar refractivity (Wildman–Crippen MR) is 101 cm³/mol. The highest BCUT2D eigenvalue weighted by Crippen LogP contribution is 2.34. The molecule has 2 aromatic heterocycles. The molecule has 26 heavy (non-hydrogen) atoms. The van der Waals surface area contributed by atoms with Crippen LogP contribution in [0.2, 0.25) is 5.02 Å². The Balaban J connectivity index is 1.23. The van der Waals surface area contributed by atoms with Crippen LogP contribution >= 0.6 is 11.6 Å². The summed E-state index contributed by atoms with van der Waals surface area (Å²) in [4.78, 5) is 8.16. The lowest BCUT2D eigenvalue weighted by Gasteiger charge is -2.28. The van der Waals surface area contributed by atoms with Crippen LogP contribution in [0.1, 0.15) is 48.8 Å². The lowest BCUT2D eigenvalue weighted by Crippen LogP contribution is -2.20. The summed E-state index contributed by atoms with van der Waals surface area (Å²) in [6, 6.07) is 6.37. The monoisotopic (exact) mass is 370 g/mol. The Hall–Kier alpha value is -1.85. The van der Waals surface area contributed by atoms with Crippen LogP contribution in [0.4, 0.5) is 0 Å². The molecule has 0 saturated heterocycles. The SMILES string of the molecule is Clc1ccc2nc(CC3CCC(n4cc5c(n4)CCOC5)CC3)[nH]c2c1. The molecule has 0 bridgehead atoms. The van der Waals surface area contributed by atoms with Gasteiger partial charge in [0.25, 0.3) is 0 Å². The summed E-state index contributed by atoms with van der Waals surface area (Å²) in [5.41, 5.74) is 4.55. The molecule has 0 spiro atoms. The van der Waals surface area contributed by atoms with Crippen molar-refractivity contribution in [1.82, 2.24) is 19.7 Å². The Morgan fingerprint density at radius 2 is 2.12 bits per heavy atom. The van der Waals surface area contributed by atoms with Crippen molar-refractivity contribution in [2.24, 2.45) is 5.92 Å². The maximum atomic E-state index is 6.07. The Bertz CT molecular complexity index is 900. The molecule has 3 heterocycles. The van der Waals surface area contributed by atoms with Gasteiger partial charge in [-0.3, -0.25) is 4.68 Å². The van der Waals surface area contributed by atoms with Gasteiger partial charge in [-0.1, -0.05) is 11.6 Å². The van der Waals surface area contributed by atoms with Gasteiger partial charge in [-0.2, -0.15) is 5.10 Å². The van der Waals surface area contributed by atoms with E-state index >= 15 is 0 Å². The van der Waals surface area contributed by atoms with E-state index in [4.69, 9.17) is 26.4 Å². The minimum Gasteiger partial charge on any atom is -0.376 e. The van der Waals surface area contributed by atoms with E-state index in [1.54, 1.807) is 0 Å². The minimum atomic E-state index is 0.534. The van der Waals surface area contributed by atoms with Gasteiger partial charge in [-0.25, -0.2) is 4.98 Å². The summed E-state index contributed by atoms with van der Waals surface area (Å²) in [6.45, 7) is 1.53. The molecule has 136 valence electrons. The lowest BCUT2D eigenvalue weighted by molar-refractivity contribution is 0.110. The first-order chi connectivity index (χ1) is 12.7. The van der Waals surface area contributed by atoms with Crippen molar-refractivity contribution in [3.05, 3.63) is 46.5 Å². The van der Waals surface area contributed by atoms with E-state index in [9.17, 15) is 0 Å². The van der Waals surface area contributed by atoms with Gasteiger partial charge in [0.1, 0.15) is 5.82 Å². The van der Waals surface area contributed by atoms with Crippen molar-refractivity contribution in [3.8, 4) is 0 Å². The van der Waals surface area contributed by atoms with Crippen molar-refractivity contribution in [2.45, 2.75) is 51.2 Å². The molecular weight excluding hydrogens is 348 g/mol. The zero-order valence-corrected chi connectivity index (χ0v) is 15.5. The average molecular weight is 371 g/mol. The van der Waals surface area contributed by atoms with Crippen LogP contribution in [-0.4, -0.2) is 26.4 Å². The van der Waals surface area contributed by atoms with Gasteiger partial charge in [-0.15, -0.1) is 0 Å². The molecule has 0 radical (unpaired) electrons. The zero-order chi connectivity index (χ0) is 17.5. The normalized spacial score (nSPS) is 23.3. The molecule has 1 saturated carbocycles. The Kier molecular flexibility index (Phi) is 4.21. The van der Waals surface area contributed by atoms with Crippen molar-refractivity contribution in [3.63, 3.8) is 0 Å². The number of hydrogen-bond acceptors (Lipinski definition) is 3. The highest BCUT2D eigenvalue weighted by molar-refractivity contribution is 6.31. The number of imidazole rings is 1. The number of aromatic amines is 1. The number of H-pyrrole nitrogens is 1. The van der Waals surface area contributed by atoms with Crippen LogP contribution in [0.3, 0.4) is 0 Å². The Morgan fingerprint density at radius 3 is 2.96 bits per heavy atom. The van der Waals surface area contributed by atoms with Crippen LogP contribution in [0, 0.1) is 5.92 Å². The van der Waals surface area contributed by atoms with E-state index in [1.807, 2.05) is 18.2 Å². The number of nitrogens with one attached hydrogen (secondary N) is 1. The Labute approximate surface area is 157 Å². The largest absolute Gasteiger partial charge is 0.376 e. The van der Waals surface area contributed by atoms with E-state index in [-0.39, 0.29) is 0 Å². The quantitative estimate of drug-likeness (QED) is 0.740. The summed E-state index contributed by atoms with van der Waals surface area (Å²) >= 11 is 6.07. The van der Waals surface area contributed by atoms with Gasteiger partial charge >= 0.3 is 0 Å². The maximum absolute atomic E-state index is 6.07. The predicted octanol–water partition coefficient (Wildman–Crippen LogP) is 4.46. The zero-order valence-electron chi connectivity index (χ0n) is 14.7. The molecule has 0 unspecified atom stereocenters. The third-order valence-electron chi connectivity index (χ3n) is 5.80. The number of hydrogen-bond donors (Lipinski definition) is 1. The second-order valence-electron chi connectivity index (χ2n) is 7.61. The molecule has 1 aromatic carbocycles. The van der Waals surface area contributed by atoms with Gasteiger partial charge in [-0.05, 0) is 49.8 Å². The number of rotatable bonds is 3. The molecule has 6 heteroatoms. The van der Waals surface area contributed by atoms with Crippen LogP contribution in [0.25, 0.3) is 11.0 Å². The standard InChI is InChI=1S/C20H23ClN4O/c21-15-3-6-18-19(10-15)23-20(22-18)9-13-1-4-16(5-2-13)25-11-14-12-26-8-7-17(14)24-25/h3,6,10-11,13,16H,1-2,4-5,7-9,12H2,(H,22,23). The van der Waals surface area contributed by atoms with Gasteiger partial charge in [0, 0.05) is 29.6 Å². The van der Waals surface area contributed by atoms with Crippen molar-refractivity contribution >= 4 is 22.6 Å². The summed E-state index contributed by atoms with van der Waals surface area (Å²) in [5, 5.41) is 5.58. The highest BCUT2D eigenvalue weighted by atomic mass is 35.5. The number of nitrogens with zero attached hydrogens (tertiary/aromatic N) is 3. The van der Waals surface area contributed by atoms with Crippen molar-refractivity contribution in [2.75, 3.05) is 6.61 Å². The second kappa shape index (κ2) is 6.71. The summed E-state index contributed by atoms with van der Waals surface area (Å²) in [7, 11) is 0. The molecule has 5 nitrogen and oxygen atoms in total. The molecule has 1 fully saturated rings. The van der Waals surface area contributed by atoms with Crippen LogP contribution in [0.15, 0.2) is 24.4 Å². The van der Waals surface area contributed by atoms with Gasteiger partial charge < -0.3 is 9.72 Å². The number of benzene rings is 1. The van der Waals surface area contributed by atoms with Gasteiger partial charge in [0.05, 0.1) is 36.0 Å². The first-order valence-electron chi connectivity index (χ1n) is 9.53. The van der Waals surface area contributed by atoms with Crippen LogP contribution < -0.4 is 0 Å². The molecular formula is C20H23ClN4O. The molecule has 0 atom stereocenters. The fourth-order valence-electron chi connectivity index (χ4n) is 4.35. The highest BCUT2D eigenvalue weighted by Gasteiger charge is 2.25. The number of fused-ring (bicyclic) bond motifs is 2. The van der Waals surface area contributed by atoms with Crippen molar-refractivity contribution < 1.29 is 4.74 Å². The molecule has 2 aliphatic rings. The first-order valence-corrected chi connectivity index (χ1v) is 9.91. The second-order valence-corrected chi connectivity index (χ2v) is 8.04. The van der Waals surface area contributed by atoms with Gasteiger partial charge in [0.15, 0.2) is 0 Å². The van der Waals surface area contributed by atoms with E-state index in [1.165, 1.54) is 36.9 Å². The topological polar surface area (TPSA) is 55.7 Å².